The molecule has 0 amide bonds. The number of allylic oxidation sites excluding steroid dienone is 1. The van der Waals surface area contributed by atoms with Crippen molar-refractivity contribution in [3.63, 3.8) is 0 Å². The van der Waals surface area contributed by atoms with Crippen LogP contribution in [0.3, 0.4) is 0 Å². The summed E-state index contributed by atoms with van der Waals surface area (Å²) in [6, 6.07) is 17.0. The third-order valence-electron chi connectivity index (χ3n) is 7.18. The SMILES string of the molecule is C=C(c1ccc(S(=O)c2ccc(OC)cc2)cc1)C1CCN(C2CCCCC2)C(C)C1. The van der Waals surface area contributed by atoms with Crippen molar-refractivity contribution in [3.05, 3.63) is 60.7 Å². The van der Waals surface area contributed by atoms with Gasteiger partial charge in [-0.3, -0.25) is 4.90 Å². The van der Waals surface area contributed by atoms with Crippen molar-refractivity contribution in [1.82, 2.24) is 4.90 Å². The number of nitrogens with zero attached hydrogens (tertiary/aromatic N) is 1. The standard InChI is InChI=1S/C27H35NO2S/c1-20-19-23(17-18-28(20)24-7-5-4-6-8-24)21(2)22-9-13-26(14-10-22)31(29)27-15-11-25(30-3)12-16-27/h9-16,20,23-24H,2,4-8,17-19H2,1,3H3. The number of rotatable bonds is 6. The molecule has 166 valence electrons. The Morgan fingerprint density at radius 1 is 0.968 bits per heavy atom. The van der Waals surface area contributed by atoms with Crippen LogP contribution in [0.25, 0.3) is 5.57 Å². The molecule has 0 N–H and O–H groups in total. The minimum Gasteiger partial charge on any atom is -0.497 e. The Balaban J connectivity index is 1.38. The number of benzene rings is 2. The quantitative estimate of drug-likeness (QED) is 0.530. The molecule has 0 spiro atoms. The van der Waals surface area contributed by atoms with Crippen LogP contribution < -0.4 is 4.74 Å². The molecule has 1 saturated carbocycles. The predicted octanol–water partition coefficient (Wildman–Crippen LogP) is 6.31. The smallest absolute Gasteiger partial charge is 0.118 e. The monoisotopic (exact) mass is 437 g/mol. The van der Waals surface area contributed by atoms with Gasteiger partial charge in [0.25, 0.3) is 0 Å². The Morgan fingerprint density at radius 2 is 1.58 bits per heavy atom. The molecule has 3 nitrogen and oxygen atoms in total. The molecule has 2 aromatic carbocycles. The van der Waals surface area contributed by atoms with E-state index in [1.54, 1.807) is 7.11 Å². The van der Waals surface area contributed by atoms with Gasteiger partial charge >= 0.3 is 0 Å². The lowest BCUT2D eigenvalue weighted by Gasteiger charge is -2.44. The summed E-state index contributed by atoms with van der Waals surface area (Å²) < 4.78 is 18.1. The fourth-order valence-electron chi connectivity index (χ4n) is 5.33. The van der Waals surface area contributed by atoms with Crippen LogP contribution >= 0.6 is 0 Å². The zero-order valence-corrected chi connectivity index (χ0v) is 19.7. The molecule has 0 radical (unpaired) electrons. The van der Waals surface area contributed by atoms with Gasteiger partial charge in [-0.15, -0.1) is 0 Å². The minimum atomic E-state index is -1.19. The van der Waals surface area contributed by atoms with Gasteiger partial charge in [0.1, 0.15) is 5.75 Å². The van der Waals surface area contributed by atoms with Gasteiger partial charge in [-0.25, -0.2) is 4.21 Å². The Labute approximate surface area is 190 Å². The summed E-state index contributed by atoms with van der Waals surface area (Å²) in [5.41, 5.74) is 2.41. The molecule has 1 aliphatic carbocycles. The highest BCUT2D eigenvalue weighted by molar-refractivity contribution is 7.85. The van der Waals surface area contributed by atoms with E-state index in [1.165, 1.54) is 62.6 Å². The maximum atomic E-state index is 12.9. The average molecular weight is 438 g/mol. The average Bonchev–Trinajstić information content (AvgIpc) is 2.84. The third-order valence-corrected chi connectivity index (χ3v) is 8.58. The van der Waals surface area contributed by atoms with Crippen molar-refractivity contribution in [2.24, 2.45) is 5.92 Å². The molecule has 0 aromatic heterocycles. The first-order chi connectivity index (χ1) is 15.1. The molecule has 1 aliphatic heterocycles. The van der Waals surface area contributed by atoms with Crippen LogP contribution in [0, 0.1) is 5.92 Å². The zero-order chi connectivity index (χ0) is 21.8. The van der Waals surface area contributed by atoms with Crippen LogP contribution in [0.15, 0.2) is 64.9 Å². The fourth-order valence-corrected chi connectivity index (χ4v) is 6.36. The van der Waals surface area contributed by atoms with Gasteiger partial charge < -0.3 is 4.74 Å². The molecule has 2 fully saturated rings. The summed E-state index contributed by atoms with van der Waals surface area (Å²) in [6.45, 7) is 8.05. The lowest BCUT2D eigenvalue weighted by Crippen LogP contribution is -2.47. The van der Waals surface area contributed by atoms with E-state index < -0.39 is 10.8 Å². The highest BCUT2D eigenvalue weighted by Gasteiger charge is 2.32. The summed E-state index contributed by atoms with van der Waals surface area (Å²) in [4.78, 5) is 4.38. The van der Waals surface area contributed by atoms with E-state index in [0.29, 0.717) is 12.0 Å². The molecule has 2 aliphatic rings. The molecule has 1 heterocycles. The molecule has 4 heteroatoms. The number of likely N-dealkylation sites (tertiary alicyclic amines) is 1. The van der Waals surface area contributed by atoms with Crippen molar-refractivity contribution in [2.75, 3.05) is 13.7 Å². The Bertz CT molecular complexity index is 900. The topological polar surface area (TPSA) is 29.5 Å². The number of piperidine rings is 1. The number of methoxy groups -OCH3 is 1. The van der Waals surface area contributed by atoms with E-state index in [9.17, 15) is 4.21 Å². The molecule has 3 unspecified atom stereocenters. The van der Waals surface area contributed by atoms with Crippen LogP contribution in [0.4, 0.5) is 0 Å². The van der Waals surface area contributed by atoms with Crippen LogP contribution in [-0.4, -0.2) is 34.8 Å². The third kappa shape index (κ3) is 5.12. The Kier molecular flexibility index (Phi) is 7.29. The first-order valence-electron chi connectivity index (χ1n) is 11.7. The van der Waals surface area contributed by atoms with E-state index in [0.717, 1.165) is 21.6 Å². The normalized spacial score (nSPS) is 23.9. The molecular weight excluding hydrogens is 402 g/mol. The van der Waals surface area contributed by atoms with E-state index in [-0.39, 0.29) is 0 Å². The summed E-state index contributed by atoms with van der Waals surface area (Å²) in [5.74, 6) is 1.31. The second-order valence-electron chi connectivity index (χ2n) is 9.09. The highest BCUT2D eigenvalue weighted by atomic mass is 32.2. The van der Waals surface area contributed by atoms with E-state index in [4.69, 9.17) is 4.74 Å². The van der Waals surface area contributed by atoms with E-state index >= 15 is 0 Å². The van der Waals surface area contributed by atoms with E-state index in [1.807, 2.05) is 36.4 Å². The number of hydrogen-bond donors (Lipinski definition) is 0. The molecular formula is C27H35NO2S. The lowest BCUT2D eigenvalue weighted by molar-refractivity contribution is 0.0698. The molecule has 3 atom stereocenters. The first kappa shape index (κ1) is 22.3. The zero-order valence-electron chi connectivity index (χ0n) is 18.9. The predicted molar refractivity (Wildman–Crippen MR) is 129 cm³/mol. The maximum Gasteiger partial charge on any atom is 0.118 e. The van der Waals surface area contributed by atoms with Crippen molar-refractivity contribution >= 4 is 16.4 Å². The minimum absolute atomic E-state index is 0.535. The molecule has 4 rings (SSSR count). The second-order valence-corrected chi connectivity index (χ2v) is 10.6. The van der Waals surface area contributed by atoms with Crippen molar-refractivity contribution in [2.45, 2.75) is 73.7 Å². The first-order valence-corrected chi connectivity index (χ1v) is 12.8. The van der Waals surface area contributed by atoms with Crippen LogP contribution in [-0.2, 0) is 10.8 Å². The van der Waals surface area contributed by atoms with Gasteiger partial charge in [-0.1, -0.05) is 38.0 Å². The highest BCUT2D eigenvalue weighted by Crippen LogP contribution is 2.36. The number of ether oxygens (including phenoxy) is 1. The Hall–Kier alpha value is -1.91. The van der Waals surface area contributed by atoms with Crippen molar-refractivity contribution < 1.29 is 8.95 Å². The molecule has 1 saturated heterocycles. The fraction of sp³-hybridized carbons (Fsp3) is 0.481. The maximum absolute atomic E-state index is 12.9. The van der Waals surface area contributed by atoms with Gasteiger partial charge in [0.15, 0.2) is 0 Å². The second kappa shape index (κ2) is 10.1. The van der Waals surface area contributed by atoms with Crippen molar-refractivity contribution in [1.29, 1.82) is 0 Å². The molecule has 0 bridgehead atoms. The van der Waals surface area contributed by atoms with Crippen LogP contribution in [0.5, 0.6) is 5.75 Å². The van der Waals surface area contributed by atoms with Gasteiger partial charge in [0.2, 0.25) is 0 Å². The van der Waals surface area contributed by atoms with Gasteiger partial charge in [0, 0.05) is 21.9 Å². The molecule has 31 heavy (non-hydrogen) atoms. The van der Waals surface area contributed by atoms with Gasteiger partial charge in [-0.2, -0.15) is 0 Å². The molecule has 2 aromatic rings. The van der Waals surface area contributed by atoms with Crippen LogP contribution in [0.1, 0.15) is 57.4 Å². The lowest BCUT2D eigenvalue weighted by atomic mass is 9.81. The van der Waals surface area contributed by atoms with Crippen LogP contribution in [0.2, 0.25) is 0 Å². The summed E-state index contributed by atoms with van der Waals surface area (Å²) >= 11 is 0. The summed E-state index contributed by atoms with van der Waals surface area (Å²) in [7, 11) is 0.448. The van der Waals surface area contributed by atoms with E-state index in [2.05, 4.69) is 30.5 Å². The summed E-state index contributed by atoms with van der Waals surface area (Å²) in [6.07, 6.45) is 9.35. The number of hydrogen-bond acceptors (Lipinski definition) is 3. The van der Waals surface area contributed by atoms with Gasteiger partial charge in [0.05, 0.1) is 17.9 Å². The summed E-state index contributed by atoms with van der Waals surface area (Å²) in [5, 5.41) is 0. The Morgan fingerprint density at radius 3 is 2.16 bits per heavy atom. The van der Waals surface area contributed by atoms with Crippen molar-refractivity contribution in [3.8, 4) is 5.75 Å². The largest absolute Gasteiger partial charge is 0.497 e. The van der Waals surface area contributed by atoms with Gasteiger partial charge in [-0.05, 0) is 92.6 Å².